The monoisotopic (exact) mass is 261 g/mol. The van der Waals surface area contributed by atoms with E-state index in [1.165, 1.54) is 31.2 Å². The smallest absolute Gasteiger partial charge is 0.125 e. The minimum absolute atomic E-state index is 0.119. The molecule has 0 aromatic heterocycles. The fraction of sp³-hybridized carbons (Fsp3) is 0.625. The van der Waals surface area contributed by atoms with Gasteiger partial charge in [-0.25, -0.2) is 0 Å². The Labute approximate surface area is 115 Å². The number of nitrogens with one attached hydrogen (secondary N) is 1. The molecule has 2 fully saturated rings. The van der Waals surface area contributed by atoms with Crippen molar-refractivity contribution < 1.29 is 9.47 Å². The summed E-state index contributed by atoms with van der Waals surface area (Å²) in [5, 5.41) is 3.73. The van der Waals surface area contributed by atoms with Gasteiger partial charge in [-0.3, -0.25) is 0 Å². The van der Waals surface area contributed by atoms with Crippen LogP contribution in [0.25, 0.3) is 0 Å². The second-order valence-electron chi connectivity index (χ2n) is 5.64. The molecule has 1 unspecified atom stereocenters. The van der Waals surface area contributed by atoms with Gasteiger partial charge in [0.05, 0.1) is 19.3 Å². The largest absolute Gasteiger partial charge is 0.493 e. The summed E-state index contributed by atoms with van der Waals surface area (Å²) in [6.45, 7) is 4.44. The Kier molecular flexibility index (Phi) is 3.76. The van der Waals surface area contributed by atoms with Crippen molar-refractivity contribution in [3.63, 3.8) is 0 Å². The van der Waals surface area contributed by atoms with Gasteiger partial charge in [0.1, 0.15) is 5.75 Å². The van der Waals surface area contributed by atoms with E-state index in [-0.39, 0.29) is 11.6 Å². The Balaban J connectivity index is 1.71. The Morgan fingerprint density at radius 1 is 1.32 bits per heavy atom. The van der Waals surface area contributed by atoms with Gasteiger partial charge in [-0.15, -0.1) is 0 Å². The topological polar surface area (TPSA) is 30.5 Å². The van der Waals surface area contributed by atoms with Gasteiger partial charge in [0, 0.05) is 17.6 Å². The van der Waals surface area contributed by atoms with E-state index in [2.05, 4.69) is 17.4 Å². The van der Waals surface area contributed by atoms with Crippen molar-refractivity contribution in [2.24, 2.45) is 0 Å². The number of para-hydroxylation sites is 1. The van der Waals surface area contributed by atoms with E-state index >= 15 is 0 Å². The van der Waals surface area contributed by atoms with Crippen LogP contribution in [0.15, 0.2) is 24.3 Å². The van der Waals surface area contributed by atoms with Gasteiger partial charge < -0.3 is 14.8 Å². The fourth-order valence-corrected chi connectivity index (χ4v) is 3.29. The van der Waals surface area contributed by atoms with Gasteiger partial charge in [0.2, 0.25) is 0 Å². The summed E-state index contributed by atoms with van der Waals surface area (Å²) in [6.07, 6.45) is 5.29. The van der Waals surface area contributed by atoms with Crippen LogP contribution in [0.5, 0.6) is 5.75 Å². The number of rotatable bonds is 3. The standard InChI is InChI=1S/C16H23NO2/c1-2-18-14-8-4-3-7-13(14)15-11-17-16(12-19-15)9-5-6-10-16/h3-4,7-8,15,17H,2,5-6,9-12H2,1H3. The van der Waals surface area contributed by atoms with Crippen molar-refractivity contribution in [3.8, 4) is 5.75 Å². The molecule has 1 aliphatic carbocycles. The molecular weight excluding hydrogens is 238 g/mol. The summed E-state index contributed by atoms with van der Waals surface area (Å²) in [4.78, 5) is 0. The van der Waals surface area contributed by atoms with E-state index < -0.39 is 0 Å². The normalized spacial score (nSPS) is 25.6. The minimum Gasteiger partial charge on any atom is -0.493 e. The zero-order chi connectivity index (χ0) is 13.1. The summed E-state index contributed by atoms with van der Waals surface area (Å²) in [5.41, 5.74) is 1.43. The fourth-order valence-electron chi connectivity index (χ4n) is 3.29. The van der Waals surface area contributed by atoms with Gasteiger partial charge in [-0.05, 0) is 25.8 Å². The first kappa shape index (κ1) is 12.9. The van der Waals surface area contributed by atoms with Crippen molar-refractivity contribution in [2.45, 2.75) is 44.2 Å². The van der Waals surface area contributed by atoms with E-state index in [0.29, 0.717) is 6.61 Å². The quantitative estimate of drug-likeness (QED) is 0.907. The second kappa shape index (κ2) is 5.51. The van der Waals surface area contributed by atoms with Crippen molar-refractivity contribution in [2.75, 3.05) is 19.8 Å². The summed E-state index contributed by atoms with van der Waals surface area (Å²) >= 11 is 0. The maximum Gasteiger partial charge on any atom is 0.125 e. The summed E-state index contributed by atoms with van der Waals surface area (Å²) in [6, 6.07) is 8.22. The molecule has 3 rings (SSSR count). The first-order chi connectivity index (χ1) is 9.33. The molecule has 1 spiro atoms. The van der Waals surface area contributed by atoms with E-state index in [9.17, 15) is 0 Å². The van der Waals surface area contributed by atoms with Crippen LogP contribution < -0.4 is 10.1 Å². The van der Waals surface area contributed by atoms with Crippen molar-refractivity contribution in [1.29, 1.82) is 0 Å². The van der Waals surface area contributed by atoms with Gasteiger partial charge in [0.25, 0.3) is 0 Å². The molecule has 1 atom stereocenters. The van der Waals surface area contributed by atoms with Gasteiger partial charge >= 0.3 is 0 Å². The predicted octanol–water partition coefficient (Wildman–Crippen LogP) is 3.06. The highest BCUT2D eigenvalue weighted by Gasteiger charge is 2.38. The first-order valence-corrected chi connectivity index (χ1v) is 7.41. The molecule has 1 aromatic carbocycles. The molecule has 1 aliphatic heterocycles. The molecule has 1 N–H and O–H groups in total. The molecule has 19 heavy (non-hydrogen) atoms. The van der Waals surface area contributed by atoms with Crippen molar-refractivity contribution >= 4 is 0 Å². The lowest BCUT2D eigenvalue weighted by atomic mass is 9.95. The maximum atomic E-state index is 6.15. The average Bonchev–Trinajstić information content (AvgIpc) is 2.89. The van der Waals surface area contributed by atoms with Crippen LogP contribution in [-0.4, -0.2) is 25.3 Å². The average molecular weight is 261 g/mol. The molecule has 1 saturated carbocycles. The molecule has 3 heteroatoms. The lowest BCUT2D eigenvalue weighted by molar-refractivity contribution is -0.0336. The Morgan fingerprint density at radius 3 is 2.79 bits per heavy atom. The van der Waals surface area contributed by atoms with Crippen LogP contribution in [0.2, 0.25) is 0 Å². The number of morpholine rings is 1. The molecule has 0 amide bonds. The lowest BCUT2D eigenvalue weighted by Crippen LogP contribution is -2.53. The highest BCUT2D eigenvalue weighted by molar-refractivity contribution is 5.35. The zero-order valence-corrected chi connectivity index (χ0v) is 11.7. The molecule has 3 nitrogen and oxygen atoms in total. The van der Waals surface area contributed by atoms with Crippen LogP contribution in [0.4, 0.5) is 0 Å². The van der Waals surface area contributed by atoms with Crippen LogP contribution in [0, 0.1) is 0 Å². The van der Waals surface area contributed by atoms with Gasteiger partial charge in [0.15, 0.2) is 0 Å². The van der Waals surface area contributed by atoms with E-state index in [1.54, 1.807) is 0 Å². The van der Waals surface area contributed by atoms with Crippen LogP contribution in [0.1, 0.15) is 44.3 Å². The Bertz CT molecular complexity index is 417. The molecule has 0 bridgehead atoms. The summed E-state index contributed by atoms with van der Waals surface area (Å²) in [7, 11) is 0. The predicted molar refractivity (Wildman–Crippen MR) is 75.5 cm³/mol. The molecule has 0 radical (unpaired) electrons. The third-order valence-electron chi connectivity index (χ3n) is 4.35. The lowest BCUT2D eigenvalue weighted by Gasteiger charge is -2.39. The molecule has 2 aliphatic rings. The maximum absolute atomic E-state index is 6.15. The third-order valence-corrected chi connectivity index (χ3v) is 4.35. The molecule has 1 saturated heterocycles. The van der Waals surface area contributed by atoms with Crippen LogP contribution in [-0.2, 0) is 4.74 Å². The third kappa shape index (κ3) is 2.63. The van der Waals surface area contributed by atoms with E-state index in [4.69, 9.17) is 9.47 Å². The van der Waals surface area contributed by atoms with E-state index in [1.807, 2.05) is 19.1 Å². The summed E-state index contributed by atoms with van der Waals surface area (Å²) < 4.78 is 11.8. The number of benzene rings is 1. The SMILES string of the molecule is CCOc1ccccc1C1CNC2(CCCC2)CO1. The van der Waals surface area contributed by atoms with Crippen LogP contribution in [0.3, 0.4) is 0 Å². The summed E-state index contributed by atoms with van der Waals surface area (Å²) in [5.74, 6) is 0.958. The molecule has 1 aromatic rings. The van der Waals surface area contributed by atoms with Crippen molar-refractivity contribution in [3.05, 3.63) is 29.8 Å². The Hall–Kier alpha value is -1.06. The van der Waals surface area contributed by atoms with Gasteiger partial charge in [-0.2, -0.15) is 0 Å². The molecule has 104 valence electrons. The van der Waals surface area contributed by atoms with Crippen molar-refractivity contribution in [1.82, 2.24) is 5.32 Å². The first-order valence-electron chi connectivity index (χ1n) is 7.41. The molecular formula is C16H23NO2. The minimum atomic E-state index is 0.119. The number of hydrogen-bond donors (Lipinski definition) is 1. The highest BCUT2D eigenvalue weighted by Crippen LogP contribution is 2.36. The highest BCUT2D eigenvalue weighted by atomic mass is 16.5. The number of hydrogen-bond acceptors (Lipinski definition) is 3. The number of ether oxygens (including phenoxy) is 2. The Morgan fingerprint density at radius 2 is 2.11 bits per heavy atom. The zero-order valence-electron chi connectivity index (χ0n) is 11.7. The second-order valence-corrected chi connectivity index (χ2v) is 5.64. The van der Waals surface area contributed by atoms with Gasteiger partial charge in [-0.1, -0.05) is 31.0 Å². The van der Waals surface area contributed by atoms with E-state index in [0.717, 1.165) is 18.9 Å². The van der Waals surface area contributed by atoms with Crippen LogP contribution >= 0.6 is 0 Å². The molecule has 1 heterocycles.